The Balaban J connectivity index is 6.14. The second-order valence-corrected chi connectivity index (χ2v) is 12.7. The fourth-order valence-corrected chi connectivity index (χ4v) is 6.29. The summed E-state index contributed by atoms with van der Waals surface area (Å²) in [5.41, 5.74) is 0. The Morgan fingerprint density at radius 3 is 0.667 bits per heavy atom. The summed E-state index contributed by atoms with van der Waals surface area (Å²) in [5.74, 6) is 0. The van der Waals surface area contributed by atoms with E-state index in [0.29, 0.717) is 0 Å². The number of halogens is 14. The predicted octanol–water partition coefficient (Wildman–Crippen LogP) is 4.58. The van der Waals surface area contributed by atoms with Gasteiger partial charge in [0.2, 0.25) is 0 Å². The number of hydrogen-bond donors (Lipinski definition) is 0. The van der Waals surface area contributed by atoms with Crippen molar-refractivity contribution >= 4 is 18.2 Å². The molecule has 0 unspecified atom stereocenters. The molecule has 0 aliphatic heterocycles. The van der Waals surface area contributed by atoms with Gasteiger partial charge < -0.3 is 0 Å². The third kappa shape index (κ3) is 11.3. The van der Waals surface area contributed by atoms with Gasteiger partial charge in [-0.15, -0.1) is 0 Å². The van der Waals surface area contributed by atoms with E-state index in [1.807, 2.05) is 0 Å². The average Bonchev–Trinajstić information content (AvgIpc) is 2.39. The minimum atomic E-state index is -11.1. The third-order valence-corrected chi connectivity index (χ3v) is 8.50. The van der Waals surface area contributed by atoms with Gasteiger partial charge in [-0.1, -0.05) is 0 Å². The molecule has 4 nitrogen and oxygen atoms in total. The van der Waals surface area contributed by atoms with Crippen LogP contribution < -0.4 is 0 Å². The van der Waals surface area contributed by atoms with Crippen molar-refractivity contribution in [1.29, 1.82) is 0 Å². The molecule has 0 bridgehead atoms. The van der Waals surface area contributed by atoms with Crippen LogP contribution in [0.5, 0.6) is 0 Å². The van der Waals surface area contributed by atoms with E-state index in [0.717, 1.165) is 0 Å². The zero-order valence-corrected chi connectivity index (χ0v) is 14.5. The van der Waals surface area contributed by atoms with Gasteiger partial charge in [-0.05, 0) is 0 Å². The summed E-state index contributed by atoms with van der Waals surface area (Å²) in [6.45, 7) is -13.3. The molecule has 0 aromatic heterocycles. The fraction of sp³-hybridized carbons (Fsp3) is 1.00. The van der Waals surface area contributed by atoms with E-state index in [9.17, 15) is 58.5 Å². The molecule has 0 aromatic rings. The van der Waals surface area contributed by atoms with Crippen LogP contribution in [0.1, 0.15) is 0 Å². The van der Waals surface area contributed by atoms with Crippen LogP contribution in [0.3, 0.4) is 0 Å². The molecule has 0 radical (unpaired) electrons. The van der Waals surface area contributed by atoms with Crippen molar-refractivity contribution in [3.05, 3.63) is 0 Å². The molecule has 0 saturated heterocycles. The van der Waals surface area contributed by atoms with Crippen molar-refractivity contribution in [2.24, 2.45) is 0 Å². The molecule has 168 valence electrons. The maximum atomic E-state index is 14.6. The number of alkyl halides is 12. The first-order valence-corrected chi connectivity index (χ1v) is 11.4. The summed E-state index contributed by atoms with van der Waals surface area (Å²) in [4.78, 5) is 0. The van der Waals surface area contributed by atoms with E-state index in [2.05, 4.69) is 12.4 Å². The standard InChI is InChI=1S/C8H8F14O4Te/c9-5(10,11)1-23-27(21,22,24-2-6(12,13)14,25-3-7(15,16)17)26-4-8(18,19)20/h1-4H2. The Morgan fingerprint density at radius 2 is 0.556 bits per heavy atom. The summed E-state index contributed by atoms with van der Waals surface area (Å²) in [6, 6.07) is 0. The first-order chi connectivity index (χ1) is 11.4. The molecule has 0 atom stereocenters. The summed E-state index contributed by atoms with van der Waals surface area (Å²) in [5, 5.41) is 0. The first-order valence-electron chi connectivity index (χ1n) is 5.81. The van der Waals surface area contributed by atoms with Crippen molar-refractivity contribution in [1.82, 2.24) is 0 Å². The van der Waals surface area contributed by atoms with Crippen LogP contribution in [0.2, 0.25) is 0 Å². The van der Waals surface area contributed by atoms with E-state index in [4.69, 9.17) is 0 Å². The average molecular weight is 562 g/mol. The summed E-state index contributed by atoms with van der Waals surface area (Å²) in [7, 11) is 0. The van der Waals surface area contributed by atoms with E-state index >= 15 is 0 Å². The molecule has 0 rings (SSSR count). The van der Waals surface area contributed by atoms with Gasteiger partial charge in [0.15, 0.2) is 0 Å². The van der Waals surface area contributed by atoms with Crippen LogP contribution >= 0.6 is 0 Å². The number of rotatable bonds is 8. The van der Waals surface area contributed by atoms with Crippen molar-refractivity contribution in [2.75, 3.05) is 26.4 Å². The molecule has 0 fully saturated rings. The van der Waals surface area contributed by atoms with Gasteiger partial charge >= 0.3 is 140 Å². The molecule has 0 aliphatic rings. The van der Waals surface area contributed by atoms with Crippen molar-refractivity contribution < 1.29 is 70.9 Å². The molecule has 0 aromatic carbocycles. The SMILES string of the molecule is FC(F)(F)CO[Te](F)(F)(OCC(F)(F)F)(OCC(F)(F)F)OCC(F)(F)F. The Morgan fingerprint density at radius 1 is 0.407 bits per heavy atom. The van der Waals surface area contributed by atoms with Gasteiger partial charge in [0.25, 0.3) is 0 Å². The van der Waals surface area contributed by atoms with Crippen LogP contribution in [0, 0.1) is 0 Å². The molecule has 0 spiro atoms. The van der Waals surface area contributed by atoms with Gasteiger partial charge in [0.1, 0.15) is 0 Å². The first kappa shape index (κ1) is 26.6. The van der Waals surface area contributed by atoms with Crippen molar-refractivity contribution in [3.8, 4) is 0 Å². The van der Waals surface area contributed by atoms with E-state index in [-0.39, 0.29) is 0 Å². The molecule has 0 saturated carbocycles. The van der Waals surface area contributed by atoms with Crippen LogP contribution in [0.4, 0.5) is 58.5 Å². The van der Waals surface area contributed by atoms with E-state index in [1.54, 1.807) is 0 Å². The second-order valence-electron chi connectivity index (χ2n) is 4.48. The van der Waals surface area contributed by atoms with Crippen LogP contribution in [-0.4, -0.2) is 69.4 Å². The van der Waals surface area contributed by atoms with Crippen LogP contribution in [0.25, 0.3) is 0 Å². The summed E-state index contributed by atoms with van der Waals surface area (Å²) >= 11 is -11.1. The predicted molar refractivity (Wildman–Crippen MR) is 56.0 cm³/mol. The molecule has 0 heterocycles. The quantitative estimate of drug-likeness (QED) is 0.321. The third-order valence-electron chi connectivity index (χ3n) is 1.82. The Hall–Kier alpha value is -0.350. The van der Waals surface area contributed by atoms with Crippen molar-refractivity contribution in [3.63, 3.8) is 0 Å². The topological polar surface area (TPSA) is 36.9 Å². The van der Waals surface area contributed by atoms with Crippen molar-refractivity contribution in [2.45, 2.75) is 24.7 Å². The van der Waals surface area contributed by atoms with Gasteiger partial charge in [-0.2, -0.15) is 0 Å². The molecule has 0 aliphatic carbocycles. The fourth-order valence-electron chi connectivity index (χ4n) is 0.938. The Kier molecular flexibility index (Phi) is 7.07. The second kappa shape index (κ2) is 7.16. The van der Waals surface area contributed by atoms with E-state index in [1.165, 1.54) is 0 Å². The zero-order chi connectivity index (χ0) is 22.1. The Labute approximate surface area is 141 Å². The molecular weight excluding hydrogens is 554 g/mol. The Bertz CT molecular complexity index is 424. The number of hydrogen-bond acceptors (Lipinski definition) is 4. The normalized spacial score (nSPS) is 17.6. The summed E-state index contributed by atoms with van der Waals surface area (Å²) in [6.07, 6.45) is -23.4. The molecule has 0 N–H and O–H groups in total. The molecule has 19 heteroatoms. The summed E-state index contributed by atoms with van der Waals surface area (Å²) < 4.78 is 185. The minimum absolute atomic E-state index is 2.72. The van der Waals surface area contributed by atoms with Gasteiger partial charge in [0.05, 0.1) is 0 Å². The van der Waals surface area contributed by atoms with Gasteiger partial charge in [-0.3, -0.25) is 0 Å². The van der Waals surface area contributed by atoms with Gasteiger partial charge in [-0.25, -0.2) is 0 Å². The van der Waals surface area contributed by atoms with Gasteiger partial charge in [0, 0.05) is 0 Å². The zero-order valence-electron chi connectivity index (χ0n) is 12.2. The molecule has 27 heavy (non-hydrogen) atoms. The monoisotopic (exact) mass is 564 g/mol. The van der Waals surface area contributed by atoms with Crippen LogP contribution in [-0.2, 0) is 12.4 Å². The molecule has 0 amide bonds. The maximum absolute atomic E-state index is 14.6. The molecular formula is C8H8F14O4Te. The van der Waals surface area contributed by atoms with Crippen LogP contribution in [0.15, 0.2) is 0 Å². The van der Waals surface area contributed by atoms with E-state index < -0.39 is 69.4 Å².